The minimum absolute atomic E-state index is 0.561. The molecule has 1 N–H and O–H groups in total. The first kappa shape index (κ1) is 9.40. The number of anilines is 1. The zero-order valence-corrected chi connectivity index (χ0v) is 8.70. The van der Waals surface area contributed by atoms with Crippen LogP contribution in [-0.2, 0) is 0 Å². The summed E-state index contributed by atoms with van der Waals surface area (Å²) >= 11 is 0. The number of rotatable bonds is 2. The number of likely N-dealkylation sites (N-methyl/N-ethyl adjacent to an activating group) is 1. The Bertz CT molecular complexity index is 307. The summed E-state index contributed by atoms with van der Waals surface area (Å²) in [5.74, 6) is 1.00. The molecule has 0 radical (unpaired) electrons. The van der Waals surface area contributed by atoms with Crippen LogP contribution in [0.4, 0.5) is 5.82 Å². The number of aryl methyl sites for hydroxylation is 1. The van der Waals surface area contributed by atoms with Gasteiger partial charge >= 0.3 is 0 Å². The highest BCUT2D eigenvalue weighted by atomic mass is 15.2. The van der Waals surface area contributed by atoms with Crippen LogP contribution >= 0.6 is 0 Å². The molecular formula is C10H16N4. The second-order valence-electron chi connectivity index (χ2n) is 3.72. The van der Waals surface area contributed by atoms with E-state index in [4.69, 9.17) is 0 Å². The van der Waals surface area contributed by atoms with E-state index in [1.54, 1.807) is 12.4 Å². The molecule has 0 aliphatic carbocycles. The van der Waals surface area contributed by atoms with Crippen LogP contribution < -0.4 is 10.2 Å². The van der Waals surface area contributed by atoms with Gasteiger partial charge in [-0.25, -0.2) is 4.98 Å². The molecule has 1 aliphatic heterocycles. The van der Waals surface area contributed by atoms with Crippen molar-refractivity contribution in [3.05, 3.63) is 18.1 Å². The lowest BCUT2D eigenvalue weighted by Crippen LogP contribution is -2.34. The van der Waals surface area contributed by atoms with Crippen molar-refractivity contribution in [2.24, 2.45) is 0 Å². The van der Waals surface area contributed by atoms with Gasteiger partial charge in [-0.1, -0.05) is 0 Å². The Morgan fingerprint density at radius 3 is 2.86 bits per heavy atom. The van der Waals surface area contributed by atoms with E-state index in [2.05, 4.69) is 27.2 Å². The van der Waals surface area contributed by atoms with Crippen molar-refractivity contribution in [3.8, 4) is 0 Å². The Kier molecular flexibility index (Phi) is 2.63. The molecule has 1 saturated heterocycles. The number of hydrogen-bond acceptors (Lipinski definition) is 4. The van der Waals surface area contributed by atoms with E-state index in [0.29, 0.717) is 6.04 Å². The van der Waals surface area contributed by atoms with E-state index >= 15 is 0 Å². The lowest BCUT2D eigenvalue weighted by Gasteiger charge is -2.25. The van der Waals surface area contributed by atoms with E-state index < -0.39 is 0 Å². The molecule has 1 fully saturated rings. The van der Waals surface area contributed by atoms with E-state index in [1.807, 2.05) is 6.92 Å². The van der Waals surface area contributed by atoms with Crippen molar-refractivity contribution in [3.63, 3.8) is 0 Å². The fourth-order valence-corrected chi connectivity index (χ4v) is 1.89. The number of nitrogens with one attached hydrogen (secondary N) is 1. The Morgan fingerprint density at radius 2 is 2.21 bits per heavy atom. The van der Waals surface area contributed by atoms with Crippen molar-refractivity contribution >= 4 is 5.82 Å². The van der Waals surface area contributed by atoms with Gasteiger partial charge in [-0.2, -0.15) is 0 Å². The molecule has 76 valence electrons. The first-order valence-corrected chi connectivity index (χ1v) is 5.00. The molecule has 4 heteroatoms. The molecule has 14 heavy (non-hydrogen) atoms. The van der Waals surface area contributed by atoms with Gasteiger partial charge in [-0.05, 0) is 19.9 Å². The molecule has 1 aliphatic rings. The second kappa shape index (κ2) is 3.92. The Hall–Kier alpha value is -1.16. The number of nitrogens with zero attached hydrogens (tertiary/aromatic N) is 3. The summed E-state index contributed by atoms with van der Waals surface area (Å²) in [5, 5.41) is 3.35. The van der Waals surface area contributed by atoms with Gasteiger partial charge in [0, 0.05) is 32.0 Å². The largest absolute Gasteiger partial charge is 0.354 e. The first-order chi connectivity index (χ1) is 6.79. The van der Waals surface area contributed by atoms with Gasteiger partial charge in [0.1, 0.15) is 5.82 Å². The van der Waals surface area contributed by atoms with Crippen molar-refractivity contribution in [2.75, 3.05) is 25.0 Å². The Balaban J connectivity index is 2.17. The molecule has 2 rings (SSSR count). The van der Waals surface area contributed by atoms with Crippen molar-refractivity contribution in [2.45, 2.75) is 19.4 Å². The summed E-state index contributed by atoms with van der Waals surface area (Å²) in [5.41, 5.74) is 1.00. The van der Waals surface area contributed by atoms with Crippen LogP contribution in [-0.4, -0.2) is 36.1 Å². The first-order valence-electron chi connectivity index (χ1n) is 5.00. The standard InChI is InChI=1S/C10H16N4/c1-8-10(13-6-5-12-8)14(2)9-3-4-11-7-9/h5-6,9,11H,3-4,7H2,1-2H3/t9-/m0/s1. The molecule has 0 saturated carbocycles. The summed E-state index contributed by atoms with van der Waals surface area (Å²) in [6.45, 7) is 4.15. The molecule has 2 heterocycles. The Labute approximate surface area is 84.4 Å². The normalized spacial score (nSPS) is 21.1. The van der Waals surface area contributed by atoms with E-state index in [9.17, 15) is 0 Å². The number of hydrogen-bond donors (Lipinski definition) is 1. The van der Waals surface area contributed by atoms with Gasteiger partial charge in [0.2, 0.25) is 0 Å². The fraction of sp³-hybridized carbons (Fsp3) is 0.600. The molecule has 0 aromatic carbocycles. The molecule has 0 bridgehead atoms. The third-order valence-electron chi connectivity index (χ3n) is 2.77. The van der Waals surface area contributed by atoms with Crippen LogP contribution in [0.1, 0.15) is 12.1 Å². The molecule has 1 aromatic rings. The SMILES string of the molecule is Cc1nccnc1N(C)[C@H]1CCNC1. The van der Waals surface area contributed by atoms with Gasteiger partial charge in [-0.3, -0.25) is 4.98 Å². The fourth-order valence-electron chi connectivity index (χ4n) is 1.89. The van der Waals surface area contributed by atoms with Gasteiger partial charge in [-0.15, -0.1) is 0 Å². The summed E-state index contributed by atoms with van der Waals surface area (Å²) in [4.78, 5) is 10.8. The molecule has 0 unspecified atom stereocenters. The minimum Gasteiger partial charge on any atom is -0.354 e. The van der Waals surface area contributed by atoms with Gasteiger partial charge < -0.3 is 10.2 Å². The topological polar surface area (TPSA) is 41.1 Å². The molecule has 0 spiro atoms. The van der Waals surface area contributed by atoms with Crippen LogP contribution in [0.3, 0.4) is 0 Å². The average molecular weight is 192 g/mol. The van der Waals surface area contributed by atoms with Gasteiger partial charge in [0.05, 0.1) is 5.69 Å². The molecule has 0 amide bonds. The Morgan fingerprint density at radius 1 is 1.43 bits per heavy atom. The predicted octanol–water partition coefficient (Wildman–Crippen LogP) is 0.583. The summed E-state index contributed by atoms with van der Waals surface area (Å²) in [6, 6.07) is 0.561. The summed E-state index contributed by atoms with van der Waals surface area (Å²) in [7, 11) is 2.09. The quantitative estimate of drug-likeness (QED) is 0.744. The molecule has 1 atom stereocenters. The maximum absolute atomic E-state index is 4.36. The van der Waals surface area contributed by atoms with E-state index in [1.165, 1.54) is 6.42 Å². The highest BCUT2D eigenvalue weighted by molar-refractivity contribution is 5.42. The predicted molar refractivity (Wildman–Crippen MR) is 56.4 cm³/mol. The summed E-state index contributed by atoms with van der Waals surface area (Å²) < 4.78 is 0. The van der Waals surface area contributed by atoms with E-state index in [-0.39, 0.29) is 0 Å². The van der Waals surface area contributed by atoms with Gasteiger partial charge in [0.15, 0.2) is 0 Å². The molecule has 1 aromatic heterocycles. The minimum atomic E-state index is 0.561. The average Bonchev–Trinajstić information content (AvgIpc) is 2.70. The lowest BCUT2D eigenvalue weighted by atomic mass is 10.2. The number of aromatic nitrogens is 2. The highest BCUT2D eigenvalue weighted by Crippen LogP contribution is 2.17. The molecular weight excluding hydrogens is 176 g/mol. The lowest BCUT2D eigenvalue weighted by molar-refractivity contribution is 0.673. The highest BCUT2D eigenvalue weighted by Gasteiger charge is 2.21. The smallest absolute Gasteiger partial charge is 0.150 e. The zero-order chi connectivity index (χ0) is 9.97. The maximum Gasteiger partial charge on any atom is 0.150 e. The van der Waals surface area contributed by atoms with Crippen molar-refractivity contribution in [1.82, 2.24) is 15.3 Å². The maximum atomic E-state index is 4.36. The zero-order valence-electron chi connectivity index (χ0n) is 8.70. The second-order valence-corrected chi connectivity index (χ2v) is 3.72. The van der Waals surface area contributed by atoms with Crippen molar-refractivity contribution < 1.29 is 0 Å². The van der Waals surface area contributed by atoms with Crippen LogP contribution in [0.5, 0.6) is 0 Å². The third-order valence-corrected chi connectivity index (χ3v) is 2.77. The third kappa shape index (κ3) is 1.70. The van der Waals surface area contributed by atoms with E-state index in [0.717, 1.165) is 24.6 Å². The summed E-state index contributed by atoms with van der Waals surface area (Å²) in [6.07, 6.45) is 4.67. The monoisotopic (exact) mass is 192 g/mol. The van der Waals surface area contributed by atoms with Crippen LogP contribution in [0.15, 0.2) is 12.4 Å². The van der Waals surface area contributed by atoms with Crippen LogP contribution in [0.25, 0.3) is 0 Å². The van der Waals surface area contributed by atoms with Crippen molar-refractivity contribution in [1.29, 1.82) is 0 Å². The van der Waals surface area contributed by atoms with Gasteiger partial charge in [0.25, 0.3) is 0 Å². The molecule has 4 nitrogen and oxygen atoms in total. The van der Waals surface area contributed by atoms with Crippen LogP contribution in [0, 0.1) is 6.92 Å². The van der Waals surface area contributed by atoms with Crippen LogP contribution in [0.2, 0.25) is 0 Å².